The Morgan fingerprint density at radius 1 is 0.878 bits per heavy atom. The summed E-state index contributed by atoms with van der Waals surface area (Å²) in [4.78, 5) is 69.3. The smallest absolute Gasteiger partial charge is 0.238 e. The summed E-state index contributed by atoms with van der Waals surface area (Å²) in [5.41, 5.74) is 3.87. The molecular weight excluding hydrogens is 622 g/mol. The van der Waals surface area contributed by atoms with Crippen molar-refractivity contribution in [1.82, 2.24) is 0 Å². The zero-order chi connectivity index (χ0) is 34.6. The highest BCUT2D eigenvalue weighted by atomic mass is 16.5. The van der Waals surface area contributed by atoms with Crippen molar-refractivity contribution in [3.63, 3.8) is 0 Å². The third kappa shape index (κ3) is 5.22. The Balaban J connectivity index is 1.24. The number of fused-ring (bicyclic) bond motifs is 3. The van der Waals surface area contributed by atoms with E-state index in [0.29, 0.717) is 45.5 Å². The van der Waals surface area contributed by atoms with E-state index in [9.17, 15) is 29.1 Å². The number of phenolic OH excluding ortho intramolecular Hbond substituents is 1. The van der Waals surface area contributed by atoms with E-state index in [0.717, 1.165) is 5.57 Å². The maximum atomic E-state index is 14.2. The largest absolute Gasteiger partial charge is 0.502 e. The van der Waals surface area contributed by atoms with Crippen LogP contribution in [0.15, 0.2) is 107 Å². The molecule has 9 nitrogen and oxygen atoms in total. The van der Waals surface area contributed by atoms with Crippen molar-refractivity contribution in [2.45, 2.75) is 19.8 Å². The van der Waals surface area contributed by atoms with E-state index >= 15 is 0 Å². The Labute approximate surface area is 282 Å². The number of methoxy groups -OCH3 is 2. The predicted molar refractivity (Wildman–Crippen MR) is 181 cm³/mol. The Kier molecular flexibility index (Phi) is 7.98. The monoisotopic (exact) mass is 655 g/mol. The van der Waals surface area contributed by atoms with Gasteiger partial charge in [-0.2, -0.15) is 0 Å². The minimum atomic E-state index is -0.730. The summed E-state index contributed by atoms with van der Waals surface area (Å²) in [6.07, 6.45) is 7.35. The van der Waals surface area contributed by atoms with Gasteiger partial charge in [0.25, 0.3) is 0 Å². The number of nitrogens with zero attached hydrogens (tertiary/aromatic N) is 1. The lowest BCUT2D eigenvalue weighted by molar-refractivity contribution is -0.123. The number of allylic oxidation sites excluding steroid dienone is 7. The number of hydrogen-bond donors (Lipinski definition) is 1. The van der Waals surface area contributed by atoms with E-state index in [1.807, 2.05) is 18.2 Å². The Morgan fingerprint density at radius 2 is 1.53 bits per heavy atom. The fourth-order valence-corrected chi connectivity index (χ4v) is 7.63. The van der Waals surface area contributed by atoms with Crippen LogP contribution in [0.2, 0.25) is 0 Å². The van der Waals surface area contributed by atoms with E-state index in [2.05, 4.69) is 0 Å². The summed E-state index contributed by atoms with van der Waals surface area (Å²) in [6.45, 7) is 1.62. The first kappa shape index (κ1) is 31.8. The van der Waals surface area contributed by atoms with Crippen molar-refractivity contribution in [1.29, 1.82) is 0 Å². The molecule has 1 saturated heterocycles. The first-order chi connectivity index (χ1) is 23.6. The molecule has 0 aromatic heterocycles. The van der Waals surface area contributed by atoms with Gasteiger partial charge in [-0.25, -0.2) is 0 Å². The molecule has 4 aliphatic rings. The van der Waals surface area contributed by atoms with E-state index in [1.54, 1.807) is 73.7 Å². The van der Waals surface area contributed by atoms with Crippen LogP contribution in [0.4, 0.5) is 5.69 Å². The van der Waals surface area contributed by atoms with Crippen LogP contribution in [0.3, 0.4) is 0 Å². The maximum Gasteiger partial charge on any atom is 0.238 e. The van der Waals surface area contributed by atoms with Crippen LogP contribution in [0.25, 0.3) is 6.08 Å². The lowest BCUT2D eigenvalue weighted by atomic mass is 9.60. The van der Waals surface area contributed by atoms with Crippen LogP contribution >= 0.6 is 0 Å². The zero-order valence-electron chi connectivity index (χ0n) is 27.1. The Morgan fingerprint density at radius 3 is 2.18 bits per heavy atom. The summed E-state index contributed by atoms with van der Waals surface area (Å²) >= 11 is 0. The highest BCUT2D eigenvalue weighted by molar-refractivity contribution is 6.25. The van der Waals surface area contributed by atoms with E-state index < -0.39 is 23.7 Å². The number of aromatic hydroxyl groups is 1. The second-order valence-electron chi connectivity index (χ2n) is 12.7. The lowest BCUT2D eigenvalue weighted by Gasteiger charge is -2.41. The van der Waals surface area contributed by atoms with Gasteiger partial charge < -0.3 is 14.6 Å². The second kappa shape index (κ2) is 12.3. The number of carbonyl (C=O) groups is 5. The SMILES string of the molecule is COc1cc(C=CC2C3=CCC4C(=O)N(c5ccc(C(=O)c6ccccc6)cc5)C(=O)C4C3CC3=C2C(=O)C(C)=CC3=O)cc(OC)c1O. The molecule has 3 aliphatic carbocycles. The van der Waals surface area contributed by atoms with E-state index in [-0.39, 0.29) is 52.8 Å². The van der Waals surface area contributed by atoms with Gasteiger partial charge in [0.05, 0.1) is 31.7 Å². The standard InChI is InChI=1S/C40H33NO8/c1-21-17-31(42)30-20-29-26(27(34(30)36(21)43)14-9-22-18-32(48-2)38(45)33(19-22)49-3)15-16-28-35(29)40(47)41(39(28)46)25-12-10-24(11-13-25)37(44)23-7-5-4-6-8-23/h4-15,17-19,27-29,35,45H,16,20H2,1-3H3. The fourth-order valence-electron chi connectivity index (χ4n) is 7.63. The summed E-state index contributed by atoms with van der Waals surface area (Å²) in [5, 5.41) is 10.4. The normalized spacial score (nSPS) is 23.2. The van der Waals surface area contributed by atoms with Gasteiger partial charge in [0.1, 0.15) is 0 Å². The molecule has 1 N–H and O–H groups in total. The van der Waals surface area contributed by atoms with Crippen LogP contribution in [0.5, 0.6) is 17.2 Å². The number of amides is 2. The van der Waals surface area contributed by atoms with Crippen LogP contribution in [-0.2, 0) is 19.2 Å². The van der Waals surface area contributed by atoms with Gasteiger partial charge in [-0.3, -0.25) is 28.9 Å². The number of rotatable bonds is 7. The quantitative estimate of drug-likeness (QED) is 0.146. The number of ketones is 3. The topological polar surface area (TPSA) is 127 Å². The minimum Gasteiger partial charge on any atom is -0.502 e. The average Bonchev–Trinajstić information content (AvgIpc) is 3.38. The number of hydrogen-bond acceptors (Lipinski definition) is 8. The van der Waals surface area contributed by atoms with Gasteiger partial charge >= 0.3 is 0 Å². The number of carbonyl (C=O) groups excluding carboxylic acids is 5. The van der Waals surface area contributed by atoms with Crippen molar-refractivity contribution >= 4 is 40.9 Å². The molecule has 4 unspecified atom stereocenters. The van der Waals surface area contributed by atoms with E-state index in [4.69, 9.17) is 9.47 Å². The summed E-state index contributed by atoms with van der Waals surface area (Å²) < 4.78 is 10.6. The molecule has 3 aromatic carbocycles. The third-order valence-electron chi connectivity index (χ3n) is 10.0. The van der Waals surface area contributed by atoms with Crippen LogP contribution in [0.1, 0.15) is 41.3 Å². The van der Waals surface area contributed by atoms with Gasteiger partial charge in [-0.1, -0.05) is 54.1 Å². The van der Waals surface area contributed by atoms with Gasteiger partial charge in [0.2, 0.25) is 17.6 Å². The average molecular weight is 656 g/mol. The van der Waals surface area contributed by atoms with Crippen LogP contribution < -0.4 is 14.4 Å². The fraction of sp³-hybridized carbons (Fsp3) is 0.225. The first-order valence-corrected chi connectivity index (χ1v) is 16.0. The van der Waals surface area contributed by atoms with Crippen LogP contribution in [-0.4, -0.2) is 48.5 Å². The number of ether oxygens (including phenoxy) is 2. The molecule has 1 heterocycles. The van der Waals surface area contributed by atoms with Crippen molar-refractivity contribution in [2.75, 3.05) is 19.1 Å². The molecule has 0 bridgehead atoms. The third-order valence-corrected chi connectivity index (χ3v) is 10.0. The van der Waals surface area contributed by atoms with Crippen LogP contribution in [0, 0.1) is 23.7 Å². The van der Waals surface area contributed by atoms with Crippen molar-refractivity contribution in [3.05, 3.63) is 124 Å². The van der Waals surface area contributed by atoms with Gasteiger partial charge in [-0.15, -0.1) is 0 Å². The predicted octanol–water partition coefficient (Wildman–Crippen LogP) is 5.82. The number of phenols is 1. The molecule has 9 heteroatoms. The molecule has 246 valence electrons. The van der Waals surface area contributed by atoms with Crippen molar-refractivity contribution < 1.29 is 38.6 Å². The number of anilines is 1. The molecule has 0 saturated carbocycles. The van der Waals surface area contributed by atoms with Crippen molar-refractivity contribution in [3.8, 4) is 17.2 Å². The summed E-state index contributed by atoms with van der Waals surface area (Å²) in [7, 11) is 2.86. The molecule has 49 heavy (non-hydrogen) atoms. The number of Topliss-reactive ketones (excluding diaryl/α,β-unsaturated/α-hetero) is 1. The zero-order valence-corrected chi connectivity index (χ0v) is 27.1. The Bertz CT molecular complexity index is 2040. The Hall–Kier alpha value is -5.83. The lowest BCUT2D eigenvalue weighted by Crippen LogP contribution is -2.40. The van der Waals surface area contributed by atoms with Crippen molar-refractivity contribution in [2.24, 2.45) is 23.7 Å². The number of benzene rings is 3. The maximum absolute atomic E-state index is 14.2. The molecule has 2 amide bonds. The second-order valence-corrected chi connectivity index (χ2v) is 12.7. The molecular formula is C40H33NO8. The van der Waals surface area contributed by atoms with E-state index in [1.165, 1.54) is 25.2 Å². The minimum absolute atomic E-state index is 0.147. The van der Waals surface area contributed by atoms with Gasteiger partial charge in [0.15, 0.2) is 28.8 Å². The summed E-state index contributed by atoms with van der Waals surface area (Å²) in [5.74, 6) is -3.57. The molecule has 1 fully saturated rings. The molecule has 7 rings (SSSR count). The summed E-state index contributed by atoms with van der Waals surface area (Å²) in [6, 6.07) is 18.6. The highest BCUT2D eigenvalue weighted by Gasteiger charge is 2.56. The molecule has 0 spiro atoms. The van der Waals surface area contributed by atoms with Gasteiger partial charge in [-0.05, 0) is 73.7 Å². The molecule has 4 atom stereocenters. The van der Waals surface area contributed by atoms with Gasteiger partial charge in [0, 0.05) is 33.8 Å². The highest BCUT2D eigenvalue weighted by Crippen LogP contribution is 2.53. The molecule has 1 aliphatic heterocycles. The molecule has 3 aromatic rings. The number of imide groups is 1. The molecule has 0 radical (unpaired) electrons. The first-order valence-electron chi connectivity index (χ1n) is 16.0.